The Morgan fingerprint density at radius 3 is 2.38 bits per heavy atom. The Balaban J connectivity index is 3.91. The molecule has 0 spiro atoms. The fourth-order valence-electron chi connectivity index (χ4n) is 0.0390. The molecule has 48 valence electrons. The summed E-state index contributed by atoms with van der Waals surface area (Å²) in [5.74, 6) is -1.06. The third-order valence-electron chi connectivity index (χ3n) is 0.614. The molecule has 0 fully saturated rings. The van der Waals surface area contributed by atoms with Crippen molar-refractivity contribution >= 4 is 28.4 Å². The summed E-state index contributed by atoms with van der Waals surface area (Å²) >= 11 is 3.65. The number of carboxylic acids is 1. The van der Waals surface area contributed by atoms with Gasteiger partial charge in [-0.1, -0.05) is 10.8 Å². The van der Waals surface area contributed by atoms with Crippen LogP contribution in [0.1, 0.15) is 6.92 Å². The van der Waals surface area contributed by atoms with E-state index in [1.54, 1.807) is 0 Å². The van der Waals surface area contributed by atoms with Gasteiger partial charge in [-0.15, -0.1) is 11.7 Å². The first kappa shape index (κ1) is 8.13. The van der Waals surface area contributed by atoms with Gasteiger partial charge in [0.25, 0.3) is 0 Å². The molecule has 0 heterocycles. The summed E-state index contributed by atoms with van der Waals surface area (Å²) in [5, 5.41) is 8.25. The van der Waals surface area contributed by atoms with Crippen molar-refractivity contribution in [2.45, 2.75) is 11.8 Å². The summed E-state index contributed by atoms with van der Waals surface area (Å²) in [4.78, 5) is 8.80. The Kier molecular flexibility index (Phi) is 2.65. The molecule has 0 radical (unpaired) electrons. The molecule has 0 saturated heterocycles. The minimum Gasteiger partial charge on any atom is -0.479 e. The van der Waals surface area contributed by atoms with Crippen molar-refractivity contribution < 1.29 is 9.90 Å². The lowest BCUT2D eigenvalue weighted by Gasteiger charge is -2.13. The van der Waals surface area contributed by atoms with Crippen LogP contribution in [-0.2, 0) is 4.79 Å². The van der Waals surface area contributed by atoms with E-state index in [1.807, 2.05) is 0 Å². The molecule has 0 aromatic rings. The summed E-state index contributed by atoms with van der Waals surface area (Å²) in [6.07, 6.45) is 0. The Morgan fingerprint density at radius 2 is 2.38 bits per heavy atom. The van der Waals surface area contributed by atoms with Gasteiger partial charge in [0.15, 0.2) is 4.87 Å². The Morgan fingerprint density at radius 1 is 2.00 bits per heavy atom. The lowest BCUT2D eigenvalue weighted by molar-refractivity contribution is -0.139. The number of hydrogen-bond acceptors (Lipinski definition) is 4. The summed E-state index contributed by atoms with van der Waals surface area (Å²) in [6, 6.07) is 0. The molecular weight excluding hydrogens is 146 g/mol. The molecule has 0 rings (SSSR count). The van der Waals surface area contributed by atoms with Crippen LogP contribution in [0.5, 0.6) is 0 Å². The van der Waals surface area contributed by atoms with Gasteiger partial charge in [-0.3, -0.25) is 0 Å². The van der Waals surface area contributed by atoms with Gasteiger partial charge in [0.05, 0.1) is 0 Å². The van der Waals surface area contributed by atoms with Crippen molar-refractivity contribution in [1.82, 2.24) is 0 Å². The highest BCUT2D eigenvalue weighted by molar-refractivity contribution is 8.69. The summed E-state index contributed by atoms with van der Waals surface area (Å²) in [7, 11) is 0.808. The molecule has 0 aliphatic rings. The molecule has 0 saturated carbocycles. The average molecular weight is 153 g/mol. The Hall–Kier alpha value is 0.130. The van der Waals surface area contributed by atoms with Crippen LogP contribution < -0.4 is 5.73 Å². The van der Waals surface area contributed by atoms with E-state index >= 15 is 0 Å². The lowest BCUT2D eigenvalue weighted by atomic mass is 10.4. The number of rotatable bonds is 2. The molecular formula is C3H7NO2S2. The summed E-state index contributed by atoms with van der Waals surface area (Å²) in [6.45, 7) is 1.38. The van der Waals surface area contributed by atoms with Crippen LogP contribution in [0.15, 0.2) is 0 Å². The SMILES string of the molecule is CC(N)(SS)C(=O)O. The van der Waals surface area contributed by atoms with E-state index in [4.69, 9.17) is 10.8 Å². The molecule has 3 N–H and O–H groups in total. The maximum Gasteiger partial charge on any atom is 0.334 e. The molecule has 8 heavy (non-hydrogen) atoms. The number of thiol groups is 1. The van der Waals surface area contributed by atoms with Crippen LogP contribution in [0.3, 0.4) is 0 Å². The van der Waals surface area contributed by atoms with E-state index < -0.39 is 10.8 Å². The maximum atomic E-state index is 10.1. The average Bonchev–Trinajstić information content (AvgIpc) is 1.67. The molecule has 0 aromatic heterocycles. The number of hydrogen-bond donors (Lipinski definition) is 3. The normalized spacial score (nSPS) is 17.4. The van der Waals surface area contributed by atoms with Gasteiger partial charge < -0.3 is 10.8 Å². The molecule has 0 aromatic carbocycles. The number of aliphatic carboxylic acids is 1. The standard InChI is InChI=1S/C3H7NO2S2/c1-3(4,8-7)2(5)6/h7H,4H2,1H3,(H,5,6). The Bertz CT molecular complexity index is 103. The number of carboxylic acid groups (broad SMARTS) is 1. The number of nitrogens with two attached hydrogens (primary N) is 1. The first-order valence-corrected chi connectivity index (χ1v) is 3.72. The molecule has 0 amide bonds. The van der Waals surface area contributed by atoms with Crippen LogP contribution in [0.25, 0.3) is 0 Å². The minimum atomic E-state index is -1.26. The second kappa shape index (κ2) is 2.61. The van der Waals surface area contributed by atoms with Gasteiger partial charge >= 0.3 is 5.97 Å². The lowest BCUT2D eigenvalue weighted by Crippen LogP contribution is -2.40. The molecule has 0 aliphatic carbocycles. The first-order chi connectivity index (χ1) is 3.50. The first-order valence-electron chi connectivity index (χ1n) is 1.85. The van der Waals surface area contributed by atoms with Crippen molar-refractivity contribution in [1.29, 1.82) is 0 Å². The molecule has 3 nitrogen and oxygen atoms in total. The minimum absolute atomic E-state index is 0.808. The molecule has 5 heteroatoms. The van der Waals surface area contributed by atoms with Crippen molar-refractivity contribution in [3.05, 3.63) is 0 Å². The van der Waals surface area contributed by atoms with Crippen LogP contribution >= 0.6 is 22.5 Å². The van der Waals surface area contributed by atoms with E-state index in [2.05, 4.69) is 11.7 Å². The Labute approximate surface area is 56.4 Å². The summed E-state index contributed by atoms with van der Waals surface area (Å²) < 4.78 is 0. The van der Waals surface area contributed by atoms with Gasteiger partial charge in [0.1, 0.15) is 0 Å². The zero-order chi connectivity index (χ0) is 6.78. The largest absolute Gasteiger partial charge is 0.479 e. The fraction of sp³-hybridized carbons (Fsp3) is 0.667. The van der Waals surface area contributed by atoms with E-state index in [0.29, 0.717) is 0 Å². The van der Waals surface area contributed by atoms with Crippen molar-refractivity contribution in [2.75, 3.05) is 0 Å². The highest BCUT2D eigenvalue weighted by Gasteiger charge is 2.26. The third-order valence-corrected chi connectivity index (χ3v) is 2.31. The third kappa shape index (κ3) is 1.94. The second-order valence-electron chi connectivity index (χ2n) is 1.50. The predicted molar refractivity (Wildman–Crippen MR) is 36.8 cm³/mol. The van der Waals surface area contributed by atoms with Crippen LogP contribution in [-0.4, -0.2) is 15.9 Å². The molecule has 0 bridgehead atoms. The van der Waals surface area contributed by atoms with Gasteiger partial charge in [-0.25, -0.2) is 4.79 Å². The maximum absolute atomic E-state index is 10.1. The number of carbonyl (C=O) groups is 1. The predicted octanol–water partition coefficient (Wildman–Crippen LogP) is 0.324. The van der Waals surface area contributed by atoms with E-state index in [0.717, 1.165) is 10.8 Å². The van der Waals surface area contributed by atoms with Crippen LogP contribution in [0, 0.1) is 0 Å². The highest BCUT2D eigenvalue weighted by atomic mass is 33.1. The zero-order valence-electron chi connectivity index (χ0n) is 4.29. The molecule has 1 atom stereocenters. The quantitative estimate of drug-likeness (QED) is 0.304. The van der Waals surface area contributed by atoms with Gasteiger partial charge in [-0.05, 0) is 6.92 Å². The second-order valence-corrected chi connectivity index (χ2v) is 3.08. The topological polar surface area (TPSA) is 63.3 Å². The summed E-state index contributed by atoms with van der Waals surface area (Å²) in [5.41, 5.74) is 5.15. The van der Waals surface area contributed by atoms with Crippen molar-refractivity contribution in [3.8, 4) is 0 Å². The zero-order valence-corrected chi connectivity index (χ0v) is 6.00. The van der Waals surface area contributed by atoms with E-state index in [1.165, 1.54) is 6.92 Å². The van der Waals surface area contributed by atoms with E-state index in [9.17, 15) is 4.79 Å². The van der Waals surface area contributed by atoms with Gasteiger partial charge in [-0.2, -0.15) is 0 Å². The van der Waals surface area contributed by atoms with Crippen LogP contribution in [0.4, 0.5) is 0 Å². The van der Waals surface area contributed by atoms with Gasteiger partial charge in [0.2, 0.25) is 0 Å². The van der Waals surface area contributed by atoms with E-state index in [-0.39, 0.29) is 0 Å². The highest BCUT2D eigenvalue weighted by Crippen LogP contribution is 2.21. The monoisotopic (exact) mass is 153 g/mol. The van der Waals surface area contributed by atoms with Crippen molar-refractivity contribution in [3.63, 3.8) is 0 Å². The van der Waals surface area contributed by atoms with Crippen LogP contribution in [0.2, 0.25) is 0 Å². The smallest absolute Gasteiger partial charge is 0.334 e. The molecule has 1 unspecified atom stereocenters. The fourth-order valence-corrected chi connectivity index (χ4v) is 0.351. The van der Waals surface area contributed by atoms with Crippen molar-refractivity contribution in [2.24, 2.45) is 5.73 Å². The van der Waals surface area contributed by atoms with Gasteiger partial charge in [0, 0.05) is 0 Å². The molecule has 0 aliphatic heterocycles.